The molecule has 0 bridgehead atoms. The predicted molar refractivity (Wildman–Crippen MR) is 55.3 cm³/mol. The molecule has 13 heavy (non-hydrogen) atoms. The topological polar surface area (TPSA) is 46.2 Å². The van der Waals surface area contributed by atoms with Gasteiger partial charge in [0.15, 0.2) is 0 Å². The molecule has 0 saturated carbocycles. The van der Waals surface area contributed by atoms with E-state index in [1.165, 1.54) is 0 Å². The summed E-state index contributed by atoms with van der Waals surface area (Å²) in [4.78, 5) is 0. The van der Waals surface area contributed by atoms with Crippen molar-refractivity contribution in [3.63, 3.8) is 0 Å². The van der Waals surface area contributed by atoms with Gasteiger partial charge in [-0.15, -0.1) is 0 Å². The third kappa shape index (κ3) is 3.07. The summed E-state index contributed by atoms with van der Waals surface area (Å²) in [6.07, 6.45) is 2.62. The van der Waals surface area contributed by atoms with Gasteiger partial charge in [-0.1, -0.05) is 31.9 Å². The molecule has 0 aliphatic carbocycles. The molecule has 0 fully saturated rings. The Morgan fingerprint density at radius 3 is 2.85 bits per heavy atom. The van der Waals surface area contributed by atoms with Gasteiger partial charge in [0.25, 0.3) is 0 Å². The molecule has 1 aromatic rings. The van der Waals surface area contributed by atoms with Crippen molar-refractivity contribution in [3.8, 4) is 0 Å². The lowest BCUT2D eigenvalue weighted by molar-refractivity contribution is 0.164. The van der Waals surface area contributed by atoms with E-state index in [-0.39, 0.29) is 6.10 Å². The first-order valence-electron chi connectivity index (χ1n) is 4.77. The SMILES string of the molecule is CCCCC(O)c1cccc(N)c1. The highest BCUT2D eigenvalue weighted by Gasteiger charge is 2.05. The summed E-state index contributed by atoms with van der Waals surface area (Å²) in [7, 11) is 0. The molecule has 0 amide bonds. The largest absolute Gasteiger partial charge is 0.399 e. The quantitative estimate of drug-likeness (QED) is 0.697. The van der Waals surface area contributed by atoms with Crippen LogP contribution in [-0.2, 0) is 0 Å². The Bertz CT molecular complexity index is 260. The molecule has 3 N–H and O–H groups in total. The number of aliphatic hydroxyl groups is 1. The van der Waals surface area contributed by atoms with Gasteiger partial charge in [0.1, 0.15) is 0 Å². The van der Waals surface area contributed by atoms with Crippen molar-refractivity contribution >= 4 is 5.69 Å². The van der Waals surface area contributed by atoms with Crippen LogP contribution in [0.25, 0.3) is 0 Å². The minimum Gasteiger partial charge on any atom is -0.399 e. The summed E-state index contributed by atoms with van der Waals surface area (Å²) in [5, 5.41) is 9.72. The summed E-state index contributed by atoms with van der Waals surface area (Å²) < 4.78 is 0. The predicted octanol–water partition coefficient (Wildman–Crippen LogP) is 2.49. The number of rotatable bonds is 4. The minimum absolute atomic E-state index is 0.358. The lowest BCUT2D eigenvalue weighted by Gasteiger charge is -2.10. The van der Waals surface area contributed by atoms with Gasteiger partial charge in [-0.2, -0.15) is 0 Å². The van der Waals surface area contributed by atoms with Crippen LogP contribution in [0.1, 0.15) is 37.9 Å². The Kier molecular flexibility index (Phi) is 3.77. The van der Waals surface area contributed by atoms with Gasteiger partial charge in [0.05, 0.1) is 6.10 Å². The van der Waals surface area contributed by atoms with Gasteiger partial charge >= 0.3 is 0 Å². The van der Waals surface area contributed by atoms with Crippen LogP contribution in [0.4, 0.5) is 5.69 Å². The van der Waals surface area contributed by atoms with Crippen LogP contribution in [0.2, 0.25) is 0 Å². The Morgan fingerprint density at radius 2 is 2.23 bits per heavy atom. The average molecular weight is 179 g/mol. The number of nitrogens with two attached hydrogens (primary N) is 1. The fourth-order valence-corrected chi connectivity index (χ4v) is 1.33. The van der Waals surface area contributed by atoms with Crippen molar-refractivity contribution in [1.82, 2.24) is 0 Å². The fourth-order valence-electron chi connectivity index (χ4n) is 1.33. The lowest BCUT2D eigenvalue weighted by atomic mass is 10.0. The average Bonchev–Trinajstić information content (AvgIpc) is 2.14. The summed E-state index contributed by atoms with van der Waals surface area (Å²) in [6, 6.07) is 7.45. The zero-order valence-electron chi connectivity index (χ0n) is 8.03. The molecule has 1 aromatic carbocycles. The Labute approximate surface area is 79.4 Å². The molecule has 0 aromatic heterocycles. The molecular formula is C11H17NO. The number of benzene rings is 1. The molecule has 1 rings (SSSR count). The van der Waals surface area contributed by atoms with Crippen LogP contribution in [0, 0.1) is 0 Å². The molecule has 0 aliphatic heterocycles. The van der Waals surface area contributed by atoms with E-state index in [1.54, 1.807) is 0 Å². The molecule has 2 heteroatoms. The second-order valence-electron chi connectivity index (χ2n) is 3.33. The number of aliphatic hydroxyl groups excluding tert-OH is 1. The maximum absolute atomic E-state index is 9.72. The molecule has 0 aliphatic rings. The van der Waals surface area contributed by atoms with E-state index in [9.17, 15) is 5.11 Å². The Balaban J connectivity index is 2.60. The molecule has 1 atom stereocenters. The smallest absolute Gasteiger partial charge is 0.0790 e. The molecule has 0 heterocycles. The number of nitrogen functional groups attached to an aromatic ring is 1. The molecule has 0 radical (unpaired) electrons. The van der Waals surface area contributed by atoms with E-state index in [0.717, 1.165) is 24.8 Å². The summed E-state index contributed by atoms with van der Waals surface area (Å²) in [6.45, 7) is 2.12. The highest BCUT2D eigenvalue weighted by molar-refractivity contribution is 5.41. The maximum atomic E-state index is 9.72. The van der Waals surface area contributed by atoms with Gasteiger partial charge in [-0.25, -0.2) is 0 Å². The van der Waals surface area contributed by atoms with Crippen LogP contribution in [0.15, 0.2) is 24.3 Å². The highest BCUT2D eigenvalue weighted by atomic mass is 16.3. The van der Waals surface area contributed by atoms with Gasteiger partial charge < -0.3 is 10.8 Å². The summed E-state index contributed by atoms with van der Waals surface area (Å²) in [5.41, 5.74) is 7.25. The standard InChI is InChI=1S/C11H17NO/c1-2-3-7-11(13)9-5-4-6-10(12)8-9/h4-6,8,11,13H,2-3,7,12H2,1H3. The van der Waals surface area contributed by atoms with Crippen LogP contribution in [0.3, 0.4) is 0 Å². The zero-order chi connectivity index (χ0) is 9.68. The van der Waals surface area contributed by atoms with E-state index in [0.29, 0.717) is 5.69 Å². The zero-order valence-corrected chi connectivity index (χ0v) is 8.03. The van der Waals surface area contributed by atoms with Crippen molar-refractivity contribution in [2.24, 2.45) is 0 Å². The van der Waals surface area contributed by atoms with Crippen molar-refractivity contribution in [3.05, 3.63) is 29.8 Å². The van der Waals surface area contributed by atoms with Crippen LogP contribution >= 0.6 is 0 Å². The first-order valence-corrected chi connectivity index (χ1v) is 4.77. The normalized spacial score (nSPS) is 12.8. The second kappa shape index (κ2) is 4.87. The van der Waals surface area contributed by atoms with Crippen LogP contribution in [-0.4, -0.2) is 5.11 Å². The Hall–Kier alpha value is -1.02. The third-order valence-corrected chi connectivity index (χ3v) is 2.13. The summed E-state index contributed by atoms with van der Waals surface area (Å²) in [5.74, 6) is 0. The lowest BCUT2D eigenvalue weighted by Crippen LogP contribution is -1.98. The van der Waals surface area contributed by atoms with E-state index in [1.807, 2.05) is 24.3 Å². The van der Waals surface area contributed by atoms with Crippen LogP contribution < -0.4 is 5.73 Å². The molecule has 72 valence electrons. The van der Waals surface area contributed by atoms with Crippen molar-refractivity contribution in [2.75, 3.05) is 5.73 Å². The van der Waals surface area contributed by atoms with Crippen LogP contribution in [0.5, 0.6) is 0 Å². The van der Waals surface area contributed by atoms with E-state index in [4.69, 9.17) is 5.73 Å². The third-order valence-electron chi connectivity index (χ3n) is 2.13. The molecule has 0 saturated heterocycles. The molecule has 0 spiro atoms. The number of unbranched alkanes of at least 4 members (excludes halogenated alkanes) is 1. The van der Waals surface area contributed by atoms with Gasteiger partial charge in [0, 0.05) is 5.69 Å². The first kappa shape index (κ1) is 10.1. The van der Waals surface area contributed by atoms with Gasteiger partial charge in [-0.3, -0.25) is 0 Å². The highest BCUT2D eigenvalue weighted by Crippen LogP contribution is 2.20. The number of hydrogen-bond acceptors (Lipinski definition) is 2. The van der Waals surface area contributed by atoms with E-state index in [2.05, 4.69) is 6.92 Å². The Morgan fingerprint density at radius 1 is 1.46 bits per heavy atom. The van der Waals surface area contributed by atoms with Gasteiger partial charge in [0.2, 0.25) is 0 Å². The number of anilines is 1. The number of hydrogen-bond donors (Lipinski definition) is 2. The van der Waals surface area contributed by atoms with Crippen molar-refractivity contribution in [2.45, 2.75) is 32.3 Å². The second-order valence-corrected chi connectivity index (χ2v) is 3.33. The van der Waals surface area contributed by atoms with Crippen molar-refractivity contribution in [1.29, 1.82) is 0 Å². The molecule has 1 unspecified atom stereocenters. The van der Waals surface area contributed by atoms with Crippen molar-refractivity contribution < 1.29 is 5.11 Å². The minimum atomic E-state index is -0.358. The summed E-state index contributed by atoms with van der Waals surface area (Å²) >= 11 is 0. The van der Waals surface area contributed by atoms with E-state index < -0.39 is 0 Å². The first-order chi connectivity index (χ1) is 6.24. The maximum Gasteiger partial charge on any atom is 0.0790 e. The van der Waals surface area contributed by atoms with E-state index >= 15 is 0 Å². The monoisotopic (exact) mass is 179 g/mol. The fraction of sp³-hybridized carbons (Fsp3) is 0.455. The molecule has 2 nitrogen and oxygen atoms in total. The van der Waals surface area contributed by atoms with Gasteiger partial charge in [-0.05, 0) is 24.1 Å². The molecular weight excluding hydrogens is 162 g/mol.